The van der Waals surface area contributed by atoms with Gasteiger partial charge >= 0.3 is 0 Å². The monoisotopic (exact) mass is 152 g/mol. The zero-order valence-electron chi connectivity index (χ0n) is 6.92. The van der Waals surface area contributed by atoms with Crippen LogP contribution in [-0.2, 0) is 0 Å². The minimum Gasteiger partial charge on any atom is -0.316 e. The standard InChI is InChI=1S/C9H16N2/c1-2-9(1)11-5-7-3-10-4-8(7)6-11/h7-10H,1-6H2. The van der Waals surface area contributed by atoms with Gasteiger partial charge in [0.15, 0.2) is 0 Å². The predicted octanol–water partition coefficient (Wildman–Crippen LogP) is 0.300. The summed E-state index contributed by atoms with van der Waals surface area (Å²) in [5, 5.41) is 3.48. The van der Waals surface area contributed by atoms with Crippen LogP contribution in [0.5, 0.6) is 0 Å². The van der Waals surface area contributed by atoms with E-state index in [0.29, 0.717) is 0 Å². The first-order valence-corrected chi connectivity index (χ1v) is 4.88. The Labute approximate surface area is 68.0 Å². The van der Waals surface area contributed by atoms with E-state index in [0.717, 1.165) is 17.9 Å². The second-order valence-electron chi connectivity index (χ2n) is 4.36. The molecule has 3 fully saturated rings. The van der Waals surface area contributed by atoms with Crippen LogP contribution in [0.25, 0.3) is 0 Å². The number of nitrogens with one attached hydrogen (secondary N) is 1. The molecule has 3 aliphatic rings. The van der Waals surface area contributed by atoms with Crippen molar-refractivity contribution in [2.24, 2.45) is 11.8 Å². The maximum Gasteiger partial charge on any atom is 0.00966 e. The maximum absolute atomic E-state index is 3.48. The van der Waals surface area contributed by atoms with Crippen LogP contribution in [0.4, 0.5) is 0 Å². The number of likely N-dealkylation sites (tertiary alicyclic amines) is 1. The van der Waals surface area contributed by atoms with Crippen molar-refractivity contribution in [3.63, 3.8) is 0 Å². The smallest absolute Gasteiger partial charge is 0.00966 e. The average molecular weight is 152 g/mol. The summed E-state index contributed by atoms with van der Waals surface area (Å²) in [7, 11) is 0. The summed E-state index contributed by atoms with van der Waals surface area (Å²) in [6.45, 7) is 5.35. The maximum atomic E-state index is 3.48. The minimum atomic E-state index is 0.996. The average Bonchev–Trinajstić information content (AvgIpc) is 2.60. The molecule has 0 aromatic carbocycles. The van der Waals surface area contributed by atoms with Crippen LogP contribution in [0, 0.1) is 11.8 Å². The zero-order chi connectivity index (χ0) is 7.26. The van der Waals surface area contributed by atoms with Crippen molar-refractivity contribution in [3.8, 4) is 0 Å². The van der Waals surface area contributed by atoms with Gasteiger partial charge in [-0.05, 0) is 37.8 Å². The van der Waals surface area contributed by atoms with E-state index in [1.807, 2.05) is 0 Å². The van der Waals surface area contributed by atoms with Crippen molar-refractivity contribution in [1.29, 1.82) is 0 Å². The molecule has 2 atom stereocenters. The van der Waals surface area contributed by atoms with Crippen molar-refractivity contribution in [1.82, 2.24) is 10.2 Å². The van der Waals surface area contributed by atoms with E-state index < -0.39 is 0 Å². The third-order valence-corrected chi connectivity index (χ3v) is 3.48. The molecule has 1 aliphatic carbocycles. The van der Waals surface area contributed by atoms with Crippen molar-refractivity contribution >= 4 is 0 Å². The number of hydrogen-bond acceptors (Lipinski definition) is 2. The van der Waals surface area contributed by atoms with Crippen molar-refractivity contribution in [3.05, 3.63) is 0 Å². The van der Waals surface area contributed by atoms with Gasteiger partial charge in [0.1, 0.15) is 0 Å². The molecule has 0 aromatic rings. The highest BCUT2D eigenvalue weighted by Gasteiger charge is 2.41. The molecule has 0 bridgehead atoms. The summed E-state index contributed by atoms with van der Waals surface area (Å²) < 4.78 is 0. The lowest BCUT2D eigenvalue weighted by atomic mass is 10.0. The van der Waals surface area contributed by atoms with E-state index in [2.05, 4.69) is 10.2 Å². The van der Waals surface area contributed by atoms with Crippen LogP contribution in [0.1, 0.15) is 12.8 Å². The first kappa shape index (κ1) is 6.44. The number of nitrogens with zero attached hydrogens (tertiary/aromatic N) is 1. The van der Waals surface area contributed by atoms with Crippen molar-refractivity contribution in [2.75, 3.05) is 26.2 Å². The summed E-state index contributed by atoms with van der Waals surface area (Å²) >= 11 is 0. The number of hydrogen-bond donors (Lipinski definition) is 1. The topological polar surface area (TPSA) is 15.3 Å². The lowest BCUT2D eigenvalue weighted by Crippen LogP contribution is -2.27. The zero-order valence-corrected chi connectivity index (χ0v) is 6.92. The van der Waals surface area contributed by atoms with E-state index in [9.17, 15) is 0 Å². The second kappa shape index (κ2) is 2.20. The molecular formula is C9H16N2. The van der Waals surface area contributed by atoms with Gasteiger partial charge in [-0.15, -0.1) is 0 Å². The fraction of sp³-hybridized carbons (Fsp3) is 1.00. The molecule has 11 heavy (non-hydrogen) atoms. The Kier molecular flexibility index (Phi) is 1.29. The van der Waals surface area contributed by atoms with Gasteiger partial charge in [0.2, 0.25) is 0 Å². The van der Waals surface area contributed by atoms with Crippen LogP contribution in [0.2, 0.25) is 0 Å². The third-order valence-electron chi connectivity index (χ3n) is 3.48. The van der Waals surface area contributed by atoms with Crippen LogP contribution < -0.4 is 5.32 Å². The fourth-order valence-electron chi connectivity index (χ4n) is 2.63. The predicted molar refractivity (Wildman–Crippen MR) is 44.4 cm³/mol. The van der Waals surface area contributed by atoms with E-state index in [1.54, 1.807) is 0 Å². The third kappa shape index (κ3) is 1.00. The molecule has 0 spiro atoms. The summed E-state index contributed by atoms with van der Waals surface area (Å²) in [5.41, 5.74) is 0. The fourth-order valence-corrected chi connectivity index (χ4v) is 2.63. The van der Waals surface area contributed by atoms with Gasteiger partial charge in [0.05, 0.1) is 0 Å². The number of fused-ring (bicyclic) bond motifs is 1. The molecule has 2 aliphatic heterocycles. The normalized spacial score (nSPS) is 44.7. The molecule has 1 saturated carbocycles. The number of rotatable bonds is 1. The van der Waals surface area contributed by atoms with Gasteiger partial charge in [0.25, 0.3) is 0 Å². The van der Waals surface area contributed by atoms with Gasteiger partial charge in [-0.3, -0.25) is 4.90 Å². The lowest BCUT2D eigenvalue weighted by molar-refractivity contribution is 0.303. The molecule has 2 unspecified atom stereocenters. The quantitative estimate of drug-likeness (QED) is 0.581. The van der Waals surface area contributed by atoms with Gasteiger partial charge in [-0.25, -0.2) is 0 Å². The Morgan fingerprint density at radius 3 is 2.18 bits per heavy atom. The molecule has 0 radical (unpaired) electrons. The molecule has 62 valence electrons. The molecule has 2 heteroatoms. The largest absolute Gasteiger partial charge is 0.316 e. The summed E-state index contributed by atoms with van der Waals surface area (Å²) in [6.07, 6.45) is 2.96. The first-order valence-electron chi connectivity index (χ1n) is 4.88. The highest BCUT2D eigenvalue weighted by atomic mass is 15.2. The van der Waals surface area contributed by atoms with Crippen LogP contribution >= 0.6 is 0 Å². The van der Waals surface area contributed by atoms with Gasteiger partial charge < -0.3 is 5.32 Å². The second-order valence-corrected chi connectivity index (χ2v) is 4.36. The SMILES string of the molecule is C1NCC2CN(C3CC3)CC12. The molecule has 1 N–H and O–H groups in total. The molecule has 0 amide bonds. The molecule has 0 aromatic heterocycles. The van der Waals surface area contributed by atoms with Crippen LogP contribution in [-0.4, -0.2) is 37.1 Å². The van der Waals surface area contributed by atoms with E-state index in [-0.39, 0.29) is 0 Å². The molecular weight excluding hydrogens is 136 g/mol. The summed E-state index contributed by atoms with van der Waals surface area (Å²) in [6, 6.07) is 1.00. The highest BCUT2D eigenvalue weighted by molar-refractivity contribution is 4.96. The Hall–Kier alpha value is -0.0800. The van der Waals surface area contributed by atoms with E-state index >= 15 is 0 Å². The molecule has 2 heterocycles. The molecule has 3 rings (SSSR count). The Morgan fingerprint density at radius 2 is 1.64 bits per heavy atom. The Bertz CT molecular complexity index is 153. The first-order chi connectivity index (χ1) is 5.43. The molecule has 2 nitrogen and oxygen atoms in total. The summed E-state index contributed by atoms with van der Waals surface area (Å²) in [5.74, 6) is 1.99. The van der Waals surface area contributed by atoms with E-state index in [1.165, 1.54) is 39.0 Å². The molecule has 2 saturated heterocycles. The Morgan fingerprint density at radius 1 is 1.00 bits per heavy atom. The lowest BCUT2D eigenvalue weighted by Gasteiger charge is -2.14. The van der Waals surface area contributed by atoms with Crippen molar-refractivity contribution in [2.45, 2.75) is 18.9 Å². The summed E-state index contributed by atoms with van der Waals surface area (Å²) in [4.78, 5) is 2.72. The van der Waals surface area contributed by atoms with Gasteiger partial charge in [-0.2, -0.15) is 0 Å². The van der Waals surface area contributed by atoms with E-state index in [4.69, 9.17) is 0 Å². The Balaban J connectivity index is 1.67. The van der Waals surface area contributed by atoms with Crippen LogP contribution in [0.15, 0.2) is 0 Å². The van der Waals surface area contributed by atoms with Crippen molar-refractivity contribution < 1.29 is 0 Å². The highest BCUT2D eigenvalue weighted by Crippen LogP contribution is 2.35. The van der Waals surface area contributed by atoms with Gasteiger partial charge in [-0.1, -0.05) is 0 Å². The van der Waals surface area contributed by atoms with Crippen LogP contribution in [0.3, 0.4) is 0 Å². The van der Waals surface area contributed by atoms with Gasteiger partial charge in [0, 0.05) is 19.1 Å². The minimum absolute atomic E-state index is 0.996.